The minimum Gasteiger partial charge on any atom is -0.444 e. The molecular weight excluding hydrogens is 345 g/mol. The van der Waals surface area contributed by atoms with Crippen molar-refractivity contribution in [2.75, 3.05) is 0 Å². The molecule has 3 rings (SSSR count). The average molecular weight is 362 g/mol. The SMILES string of the molecule is CC1(C)CC(=O)C2=C(C1)OC(N)=C(C#N)C2c1cccc(C(F)(F)F)c1. The summed E-state index contributed by atoms with van der Waals surface area (Å²) in [5.74, 6) is -1.02. The second kappa shape index (κ2) is 5.90. The number of benzene rings is 1. The summed E-state index contributed by atoms with van der Waals surface area (Å²) in [4.78, 5) is 12.7. The maximum atomic E-state index is 13.1. The standard InChI is InChI=1S/C19H17F3N2O2/c1-18(2)7-13(25)16-14(8-18)26-17(24)12(9-23)15(16)10-4-3-5-11(6-10)19(20,21)22/h3-6,15H,7-8,24H2,1-2H3. The Kier molecular flexibility index (Phi) is 4.10. The minimum absolute atomic E-state index is 0.0452. The molecule has 1 aromatic rings. The summed E-state index contributed by atoms with van der Waals surface area (Å²) in [7, 11) is 0. The number of carbonyl (C=O) groups excluding carboxylic acids is 1. The summed E-state index contributed by atoms with van der Waals surface area (Å²) in [6.07, 6.45) is -3.88. The Labute approximate surface area is 148 Å². The van der Waals surface area contributed by atoms with E-state index in [9.17, 15) is 23.2 Å². The molecule has 1 atom stereocenters. The van der Waals surface area contributed by atoms with Gasteiger partial charge in [-0.1, -0.05) is 32.0 Å². The Bertz CT molecular complexity index is 889. The number of allylic oxidation sites excluding steroid dienone is 3. The quantitative estimate of drug-likeness (QED) is 0.814. The third kappa shape index (κ3) is 3.07. The van der Waals surface area contributed by atoms with Gasteiger partial charge in [0.2, 0.25) is 5.88 Å². The molecule has 0 saturated carbocycles. The molecule has 0 amide bonds. The van der Waals surface area contributed by atoms with Gasteiger partial charge >= 0.3 is 6.18 Å². The van der Waals surface area contributed by atoms with Crippen LogP contribution in [0.4, 0.5) is 13.2 Å². The summed E-state index contributed by atoms with van der Waals surface area (Å²) in [6.45, 7) is 3.80. The number of nitrogens with two attached hydrogens (primary N) is 1. The zero-order valence-electron chi connectivity index (χ0n) is 14.3. The van der Waals surface area contributed by atoms with E-state index in [1.807, 2.05) is 19.9 Å². The first-order valence-electron chi connectivity index (χ1n) is 8.04. The van der Waals surface area contributed by atoms with Gasteiger partial charge in [-0.25, -0.2) is 0 Å². The van der Waals surface area contributed by atoms with Crippen LogP contribution in [0.25, 0.3) is 0 Å². The largest absolute Gasteiger partial charge is 0.444 e. The average Bonchev–Trinajstić information content (AvgIpc) is 2.51. The van der Waals surface area contributed by atoms with Crippen molar-refractivity contribution in [2.45, 2.75) is 38.8 Å². The van der Waals surface area contributed by atoms with Crippen molar-refractivity contribution in [2.24, 2.45) is 11.1 Å². The van der Waals surface area contributed by atoms with Gasteiger partial charge in [0.05, 0.1) is 11.5 Å². The van der Waals surface area contributed by atoms with Gasteiger partial charge in [-0.15, -0.1) is 0 Å². The van der Waals surface area contributed by atoms with Crippen molar-refractivity contribution in [3.63, 3.8) is 0 Å². The van der Waals surface area contributed by atoms with Gasteiger partial charge in [-0.2, -0.15) is 18.4 Å². The van der Waals surface area contributed by atoms with Crippen LogP contribution in [0.15, 0.2) is 47.1 Å². The Balaban J connectivity index is 2.19. The number of nitriles is 1. The van der Waals surface area contributed by atoms with Crippen molar-refractivity contribution in [3.05, 3.63) is 58.2 Å². The zero-order chi connectivity index (χ0) is 19.3. The molecule has 0 spiro atoms. The minimum atomic E-state index is -4.53. The molecule has 0 bridgehead atoms. The molecule has 0 radical (unpaired) electrons. The number of ketones is 1. The van der Waals surface area contributed by atoms with Gasteiger partial charge in [0.25, 0.3) is 0 Å². The molecule has 1 aliphatic heterocycles. The molecule has 4 nitrogen and oxygen atoms in total. The van der Waals surface area contributed by atoms with Crippen LogP contribution in [-0.4, -0.2) is 5.78 Å². The predicted molar refractivity (Wildman–Crippen MR) is 87.1 cm³/mol. The molecule has 1 aliphatic carbocycles. The van der Waals surface area contributed by atoms with E-state index >= 15 is 0 Å². The van der Waals surface area contributed by atoms with Crippen LogP contribution >= 0.6 is 0 Å². The Morgan fingerprint density at radius 1 is 1.31 bits per heavy atom. The van der Waals surface area contributed by atoms with E-state index in [1.165, 1.54) is 12.1 Å². The fourth-order valence-electron chi connectivity index (χ4n) is 3.51. The van der Waals surface area contributed by atoms with Crippen molar-refractivity contribution in [3.8, 4) is 6.07 Å². The molecule has 2 aliphatic rings. The van der Waals surface area contributed by atoms with E-state index in [1.54, 1.807) is 0 Å². The molecule has 1 unspecified atom stereocenters. The second-order valence-electron chi connectivity index (χ2n) is 7.33. The van der Waals surface area contributed by atoms with Gasteiger partial charge in [-0.3, -0.25) is 4.79 Å². The summed E-state index contributed by atoms with van der Waals surface area (Å²) >= 11 is 0. The summed E-state index contributed by atoms with van der Waals surface area (Å²) < 4.78 is 44.8. The maximum absolute atomic E-state index is 13.1. The third-order valence-corrected chi connectivity index (χ3v) is 4.62. The topological polar surface area (TPSA) is 76.1 Å². The first-order chi connectivity index (χ1) is 12.0. The van der Waals surface area contributed by atoms with Crippen LogP contribution in [0.3, 0.4) is 0 Å². The van der Waals surface area contributed by atoms with Crippen LogP contribution in [-0.2, 0) is 15.7 Å². The second-order valence-corrected chi connectivity index (χ2v) is 7.33. The van der Waals surface area contributed by atoms with Crippen LogP contribution in [0.2, 0.25) is 0 Å². The lowest BCUT2D eigenvalue weighted by Crippen LogP contribution is -2.33. The van der Waals surface area contributed by atoms with E-state index < -0.39 is 17.7 Å². The third-order valence-electron chi connectivity index (χ3n) is 4.62. The summed E-state index contributed by atoms with van der Waals surface area (Å²) in [5.41, 5.74) is 5.04. The van der Waals surface area contributed by atoms with E-state index in [0.29, 0.717) is 12.2 Å². The van der Waals surface area contributed by atoms with E-state index in [-0.39, 0.29) is 40.2 Å². The lowest BCUT2D eigenvalue weighted by molar-refractivity contribution is -0.137. The molecule has 1 aromatic carbocycles. The lowest BCUT2D eigenvalue weighted by atomic mass is 9.70. The van der Waals surface area contributed by atoms with Gasteiger partial charge in [0.15, 0.2) is 5.78 Å². The number of hydrogen-bond acceptors (Lipinski definition) is 4. The highest BCUT2D eigenvalue weighted by Gasteiger charge is 2.43. The molecule has 1 heterocycles. The van der Waals surface area contributed by atoms with E-state index in [4.69, 9.17) is 10.5 Å². The van der Waals surface area contributed by atoms with Crippen LogP contribution in [0.1, 0.15) is 43.7 Å². The zero-order valence-corrected chi connectivity index (χ0v) is 14.3. The summed E-state index contributed by atoms with van der Waals surface area (Å²) in [6, 6.07) is 6.53. The number of halogens is 3. The number of rotatable bonds is 1. The molecular formula is C19H17F3N2O2. The molecule has 26 heavy (non-hydrogen) atoms. The molecule has 2 N–H and O–H groups in total. The predicted octanol–water partition coefficient (Wildman–Crippen LogP) is 4.16. The van der Waals surface area contributed by atoms with Crippen molar-refractivity contribution in [1.82, 2.24) is 0 Å². The highest BCUT2D eigenvalue weighted by molar-refractivity contribution is 6.00. The van der Waals surface area contributed by atoms with Gasteiger partial charge in [0, 0.05) is 18.4 Å². The number of carbonyl (C=O) groups is 1. The van der Waals surface area contributed by atoms with Crippen molar-refractivity contribution >= 4 is 5.78 Å². The van der Waals surface area contributed by atoms with Crippen LogP contribution in [0, 0.1) is 16.7 Å². The van der Waals surface area contributed by atoms with Gasteiger partial charge in [0.1, 0.15) is 17.4 Å². The van der Waals surface area contributed by atoms with Gasteiger partial charge in [-0.05, 0) is 17.0 Å². The molecule has 0 aromatic heterocycles. The Morgan fingerprint density at radius 3 is 2.62 bits per heavy atom. The maximum Gasteiger partial charge on any atom is 0.416 e. The number of hydrogen-bond donors (Lipinski definition) is 1. The number of ether oxygens (including phenoxy) is 1. The smallest absolute Gasteiger partial charge is 0.416 e. The molecule has 0 saturated heterocycles. The van der Waals surface area contributed by atoms with E-state index in [2.05, 4.69) is 0 Å². The first-order valence-corrected chi connectivity index (χ1v) is 8.04. The van der Waals surface area contributed by atoms with Crippen LogP contribution < -0.4 is 5.73 Å². The lowest BCUT2D eigenvalue weighted by Gasteiger charge is -2.37. The molecule has 0 fully saturated rings. The first kappa shape index (κ1) is 18.1. The Hall–Kier alpha value is -2.75. The highest BCUT2D eigenvalue weighted by Crippen LogP contribution is 2.48. The normalized spacial score (nSPS) is 22.6. The summed E-state index contributed by atoms with van der Waals surface area (Å²) in [5, 5.41) is 9.48. The van der Waals surface area contributed by atoms with Crippen molar-refractivity contribution in [1.29, 1.82) is 5.26 Å². The fraction of sp³-hybridized carbons (Fsp3) is 0.368. The number of nitrogens with zero attached hydrogens (tertiary/aromatic N) is 1. The Morgan fingerprint density at radius 2 is 2.00 bits per heavy atom. The number of alkyl halides is 3. The monoisotopic (exact) mass is 362 g/mol. The fourth-order valence-corrected chi connectivity index (χ4v) is 3.51. The van der Waals surface area contributed by atoms with Crippen LogP contribution in [0.5, 0.6) is 0 Å². The number of Topliss-reactive ketones (excluding diaryl/α,β-unsaturated/α-hetero) is 1. The van der Waals surface area contributed by atoms with Gasteiger partial charge < -0.3 is 10.5 Å². The van der Waals surface area contributed by atoms with Crippen molar-refractivity contribution < 1.29 is 22.7 Å². The molecule has 7 heteroatoms. The van der Waals surface area contributed by atoms with E-state index in [0.717, 1.165) is 12.1 Å². The molecule has 136 valence electrons. The highest BCUT2D eigenvalue weighted by atomic mass is 19.4.